The molecule has 4 nitrogen and oxygen atoms in total. The van der Waals surface area contributed by atoms with Crippen LogP contribution in [-0.4, -0.2) is 29.0 Å². The van der Waals surface area contributed by atoms with E-state index in [1.54, 1.807) is 17.8 Å². The Bertz CT molecular complexity index is 995. The van der Waals surface area contributed by atoms with Crippen molar-refractivity contribution in [2.75, 3.05) is 11.9 Å². The van der Waals surface area contributed by atoms with Crippen LogP contribution in [0.1, 0.15) is 38.2 Å². The van der Waals surface area contributed by atoms with Crippen molar-refractivity contribution >= 4 is 45.4 Å². The largest absolute Gasteiger partial charge is 0.489 e. The van der Waals surface area contributed by atoms with Gasteiger partial charge in [0.15, 0.2) is 5.50 Å². The fourth-order valence-corrected chi connectivity index (χ4v) is 6.00. The van der Waals surface area contributed by atoms with Gasteiger partial charge in [0.05, 0.1) is 4.91 Å². The van der Waals surface area contributed by atoms with Gasteiger partial charge in [-0.2, -0.15) is 0 Å². The number of benzene rings is 2. The Morgan fingerprint density at radius 1 is 1.22 bits per heavy atom. The lowest BCUT2D eigenvalue weighted by Crippen LogP contribution is -2.48. The number of amides is 1. The average Bonchev–Trinajstić information content (AvgIpc) is 3.09. The van der Waals surface area contributed by atoms with E-state index in [1.165, 1.54) is 19.3 Å². The molecule has 2 aliphatic rings. The van der Waals surface area contributed by atoms with E-state index in [9.17, 15) is 4.79 Å². The van der Waals surface area contributed by atoms with Crippen molar-refractivity contribution in [1.82, 2.24) is 4.90 Å². The molecule has 2 aromatic carbocycles. The summed E-state index contributed by atoms with van der Waals surface area (Å²) in [6.07, 6.45) is 8.32. The molecule has 2 aromatic rings. The predicted octanol–water partition coefficient (Wildman–Crippen LogP) is 6.90. The summed E-state index contributed by atoms with van der Waals surface area (Å²) in [5.41, 5.74) is 1.77. The van der Waals surface area contributed by atoms with E-state index in [-0.39, 0.29) is 17.4 Å². The van der Waals surface area contributed by atoms with Gasteiger partial charge in [-0.1, -0.05) is 78.3 Å². The fraction of sp³-hybridized carbons (Fsp3) is 0.346. The highest BCUT2D eigenvalue weighted by Gasteiger charge is 2.43. The van der Waals surface area contributed by atoms with E-state index in [0.717, 1.165) is 32.8 Å². The van der Waals surface area contributed by atoms with Gasteiger partial charge in [0.2, 0.25) is 0 Å². The molecular formula is C26H29BrN2O2S. The van der Waals surface area contributed by atoms with Gasteiger partial charge in [-0.25, -0.2) is 0 Å². The molecule has 0 aromatic heterocycles. The molecule has 3 atom stereocenters. The molecular weight excluding hydrogens is 484 g/mol. The summed E-state index contributed by atoms with van der Waals surface area (Å²) < 4.78 is 6.78. The Morgan fingerprint density at radius 3 is 2.75 bits per heavy atom. The molecule has 1 N–H and O–H groups in total. The monoisotopic (exact) mass is 512 g/mol. The third-order valence-corrected chi connectivity index (χ3v) is 7.65. The summed E-state index contributed by atoms with van der Waals surface area (Å²) in [6, 6.07) is 16.2. The maximum atomic E-state index is 13.7. The fourth-order valence-electron chi connectivity index (χ4n) is 4.42. The third-order valence-electron chi connectivity index (χ3n) is 6.04. The average molecular weight is 514 g/mol. The molecule has 1 unspecified atom stereocenters. The summed E-state index contributed by atoms with van der Waals surface area (Å²) in [5, 5.41) is 3.59. The highest BCUT2D eigenvalue weighted by atomic mass is 79.9. The maximum Gasteiger partial charge on any atom is 0.262 e. The normalized spacial score (nSPS) is 24.6. The molecule has 1 saturated carbocycles. The molecule has 168 valence electrons. The highest BCUT2D eigenvalue weighted by Crippen LogP contribution is 2.43. The number of ether oxygens (including phenoxy) is 1. The van der Waals surface area contributed by atoms with Crippen molar-refractivity contribution in [3.63, 3.8) is 0 Å². The standard InChI is InChI=1S/C26H29BrN2O2S/c1-3-15-31-23-14-13-20(27)16-19(23)17-24-25(30)29(22-12-8-7-9-18(22)2)26(32-24)28-21-10-5-4-6-11-21/h3-6,10-11,13-14,16-18,22,26,28H,1,7-9,12,15H2,2H3/b24-17-/t18-,22+,26?/m0/s1. The number of hydrogen-bond acceptors (Lipinski definition) is 4. The smallest absolute Gasteiger partial charge is 0.262 e. The second-order valence-corrected chi connectivity index (χ2v) is 10.4. The van der Waals surface area contributed by atoms with Crippen LogP contribution in [0.5, 0.6) is 5.75 Å². The molecule has 32 heavy (non-hydrogen) atoms. The van der Waals surface area contributed by atoms with Crippen LogP contribution in [0.4, 0.5) is 5.69 Å². The van der Waals surface area contributed by atoms with Gasteiger partial charge in [-0.05, 0) is 55.2 Å². The third kappa shape index (κ3) is 5.24. The minimum atomic E-state index is -0.133. The Kier molecular flexibility index (Phi) is 7.63. The lowest BCUT2D eigenvalue weighted by Gasteiger charge is -2.39. The lowest BCUT2D eigenvalue weighted by molar-refractivity contribution is -0.129. The van der Waals surface area contributed by atoms with Gasteiger partial charge in [-0.15, -0.1) is 0 Å². The second kappa shape index (κ2) is 10.6. The molecule has 1 heterocycles. The van der Waals surface area contributed by atoms with E-state index in [0.29, 0.717) is 12.5 Å². The first-order valence-electron chi connectivity index (χ1n) is 11.1. The zero-order valence-electron chi connectivity index (χ0n) is 18.3. The Balaban J connectivity index is 1.67. The molecule has 1 aliphatic carbocycles. The Hall–Kier alpha value is -2.18. The second-order valence-electron chi connectivity index (χ2n) is 8.31. The molecule has 0 bridgehead atoms. The van der Waals surface area contributed by atoms with Crippen LogP contribution >= 0.6 is 27.7 Å². The van der Waals surface area contributed by atoms with Gasteiger partial charge >= 0.3 is 0 Å². The molecule has 1 aliphatic heterocycles. The molecule has 0 radical (unpaired) electrons. The number of hydrogen-bond donors (Lipinski definition) is 1. The predicted molar refractivity (Wildman–Crippen MR) is 138 cm³/mol. The van der Waals surface area contributed by atoms with Gasteiger partial charge in [0.25, 0.3) is 5.91 Å². The lowest BCUT2D eigenvalue weighted by atomic mass is 9.85. The van der Waals surface area contributed by atoms with E-state index in [4.69, 9.17) is 4.74 Å². The Morgan fingerprint density at radius 2 is 2.00 bits per heavy atom. The van der Waals surface area contributed by atoms with E-state index in [2.05, 4.69) is 39.6 Å². The minimum Gasteiger partial charge on any atom is -0.489 e. The molecule has 2 fully saturated rings. The molecule has 1 saturated heterocycles. The molecule has 0 spiro atoms. The van der Waals surface area contributed by atoms with Gasteiger partial charge in [0, 0.05) is 21.8 Å². The van der Waals surface area contributed by atoms with Crippen molar-refractivity contribution in [3.8, 4) is 5.75 Å². The number of nitrogens with one attached hydrogen (secondary N) is 1. The van der Waals surface area contributed by atoms with Crippen molar-refractivity contribution < 1.29 is 9.53 Å². The number of nitrogens with zero attached hydrogens (tertiary/aromatic N) is 1. The first-order valence-corrected chi connectivity index (χ1v) is 12.8. The van der Waals surface area contributed by atoms with E-state index >= 15 is 0 Å². The van der Waals surface area contributed by atoms with Crippen LogP contribution in [0.3, 0.4) is 0 Å². The van der Waals surface area contributed by atoms with Crippen LogP contribution < -0.4 is 10.1 Å². The molecule has 1 amide bonds. The number of carbonyl (C=O) groups excluding carboxylic acids is 1. The van der Waals surface area contributed by atoms with Crippen molar-refractivity contribution in [2.24, 2.45) is 5.92 Å². The molecule has 6 heteroatoms. The van der Waals surface area contributed by atoms with Gasteiger partial charge < -0.3 is 15.0 Å². The summed E-state index contributed by atoms with van der Waals surface area (Å²) in [5.74, 6) is 1.33. The van der Waals surface area contributed by atoms with Crippen LogP contribution in [0, 0.1) is 5.92 Å². The first-order chi connectivity index (χ1) is 15.6. The highest BCUT2D eigenvalue weighted by molar-refractivity contribution is 9.10. The number of carbonyl (C=O) groups is 1. The van der Waals surface area contributed by atoms with E-state index in [1.807, 2.05) is 54.6 Å². The Labute approximate surface area is 203 Å². The van der Waals surface area contributed by atoms with Gasteiger partial charge in [0.1, 0.15) is 12.4 Å². The number of para-hydroxylation sites is 1. The van der Waals surface area contributed by atoms with Gasteiger partial charge in [-0.3, -0.25) is 4.79 Å². The summed E-state index contributed by atoms with van der Waals surface area (Å²) in [6.45, 7) is 6.43. The van der Waals surface area contributed by atoms with Crippen LogP contribution in [0.2, 0.25) is 0 Å². The molecule has 4 rings (SSSR count). The number of thioether (sulfide) groups is 1. The number of rotatable bonds is 7. The van der Waals surface area contributed by atoms with Crippen molar-refractivity contribution in [2.45, 2.75) is 44.1 Å². The number of anilines is 1. The quantitative estimate of drug-likeness (QED) is 0.323. The first kappa shape index (κ1) is 23.0. The van der Waals surface area contributed by atoms with Crippen molar-refractivity contribution in [1.29, 1.82) is 0 Å². The zero-order valence-corrected chi connectivity index (χ0v) is 20.7. The minimum absolute atomic E-state index is 0.0943. The summed E-state index contributed by atoms with van der Waals surface area (Å²) in [7, 11) is 0. The summed E-state index contributed by atoms with van der Waals surface area (Å²) >= 11 is 5.13. The van der Waals surface area contributed by atoms with Crippen LogP contribution in [-0.2, 0) is 4.79 Å². The van der Waals surface area contributed by atoms with E-state index < -0.39 is 0 Å². The van der Waals surface area contributed by atoms with Crippen LogP contribution in [0.25, 0.3) is 6.08 Å². The zero-order chi connectivity index (χ0) is 22.5. The SMILES string of the molecule is C=CCOc1ccc(Br)cc1/C=C1\SC(Nc2ccccc2)N([C@@H]2CCCC[C@@H]2C)C1=O. The summed E-state index contributed by atoms with van der Waals surface area (Å²) in [4.78, 5) is 16.5. The number of halogens is 1. The van der Waals surface area contributed by atoms with Crippen molar-refractivity contribution in [3.05, 3.63) is 76.1 Å². The maximum absolute atomic E-state index is 13.7. The van der Waals surface area contributed by atoms with Crippen LogP contribution in [0.15, 0.2) is 70.6 Å². The topological polar surface area (TPSA) is 41.6 Å².